The van der Waals surface area contributed by atoms with Crippen LogP contribution in [-0.2, 0) is 4.79 Å². The van der Waals surface area contributed by atoms with Crippen LogP contribution in [-0.4, -0.2) is 30.2 Å². The van der Waals surface area contributed by atoms with Crippen LogP contribution >= 0.6 is 34.9 Å². The highest BCUT2D eigenvalue weighted by molar-refractivity contribution is 8.20. The molecule has 0 aliphatic carbocycles. The number of anilines is 2. The van der Waals surface area contributed by atoms with Gasteiger partial charge in [-0.3, -0.25) is 9.69 Å². The summed E-state index contributed by atoms with van der Waals surface area (Å²) in [7, 11) is 3.65. The topological polar surface area (TPSA) is 58.0 Å². The highest BCUT2D eigenvalue weighted by atomic mass is 32.2. The molecular weight excluding hydrogens is 509 g/mol. The second-order valence-corrected chi connectivity index (χ2v) is 11.7. The number of amidine groups is 1. The Bertz CT molecular complexity index is 1590. The standard InChI is InChI=1S/C27H22N4O2S3/c1-15-5-8-18(9-6-15)31-25(32)24(26-30(3)21-14-19(33-4)10-12-22(21)35-26)36-27(31)29-17-7-11-20-23(13-17)34-16(2)28-20/h5-14H,1-4H3. The molecule has 0 saturated carbocycles. The van der Waals surface area contributed by atoms with Crippen LogP contribution in [0.25, 0.3) is 10.2 Å². The van der Waals surface area contributed by atoms with Gasteiger partial charge >= 0.3 is 0 Å². The second kappa shape index (κ2) is 8.99. The summed E-state index contributed by atoms with van der Waals surface area (Å²) in [5.74, 6) is 0.710. The van der Waals surface area contributed by atoms with Crippen molar-refractivity contribution in [2.24, 2.45) is 4.99 Å². The van der Waals surface area contributed by atoms with E-state index in [9.17, 15) is 4.79 Å². The third kappa shape index (κ3) is 3.97. The molecule has 2 aliphatic rings. The predicted octanol–water partition coefficient (Wildman–Crippen LogP) is 7.10. The van der Waals surface area contributed by atoms with Crippen molar-refractivity contribution in [2.75, 3.05) is 24.0 Å². The molecular formula is C27H22N4O2S3. The lowest BCUT2D eigenvalue weighted by Crippen LogP contribution is -2.29. The molecule has 2 aliphatic heterocycles. The number of carbonyl (C=O) groups excluding carboxylic acids is 1. The SMILES string of the molecule is COc1ccc2c(c1)N(C)C(=C1SC(=Nc3ccc4nc(C)sc4c3)N(c3ccc(C)cc3)C1=O)S2. The lowest BCUT2D eigenvalue weighted by Gasteiger charge is -2.17. The van der Waals surface area contributed by atoms with Crippen LogP contribution in [0.4, 0.5) is 17.1 Å². The molecule has 3 aromatic carbocycles. The Kier molecular flexibility index (Phi) is 5.78. The summed E-state index contributed by atoms with van der Waals surface area (Å²) < 4.78 is 6.50. The molecule has 0 atom stereocenters. The normalized spacial score (nSPS) is 18.6. The third-order valence-electron chi connectivity index (χ3n) is 6.01. The van der Waals surface area contributed by atoms with E-state index < -0.39 is 0 Å². The van der Waals surface area contributed by atoms with Crippen molar-refractivity contribution in [3.63, 3.8) is 0 Å². The molecule has 6 nitrogen and oxygen atoms in total. The van der Waals surface area contributed by atoms with Crippen LogP contribution in [0.2, 0.25) is 0 Å². The first kappa shape index (κ1) is 23.1. The summed E-state index contributed by atoms with van der Waals surface area (Å²) in [6.45, 7) is 4.04. The number of fused-ring (bicyclic) bond motifs is 2. The van der Waals surface area contributed by atoms with Crippen molar-refractivity contribution in [1.82, 2.24) is 4.98 Å². The number of hydrogen-bond acceptors (Lipinski definition) is 8. The van der Waals surface area contributed by atoms with Crippen molar-refractivity contribution >= 4 is 73.2 Å². The van der Waals surface area contributed by atoms with Crippen molar-refractivity contribution < 1.29 is 9.53 Å². The number of aliphatic imine (C=N–C) groups is 1. The molecule has 1 fully saturated rings. The fourth-order valence-corrected chi connectivity index (χ4v) is 7.35. The lowest BCUT2D eigenvalue weighted by atomic mass is 10.2. The van der Waals surface area contributed by atoms with E-state index in [0.29, 0.717) is 10.1 Å². The zero-order valence-corrected chi connectivity index (χ0v) is 22.6. The number of thioether (sulfide) groups is 2. The molecule has 1 aromatic heterocycles. The van der Waals surface area contributed by atoms with Gasteiger partial charge in [-0.25, -0.2) is 9.98 Å². The van der Waals surface area contributed by atoms with E-state index in [-0.39, 0.29) is 5.91 Å². The maximum Gasteiger partial charge on any atom is 0.274 e. The van der Waals surface area contributed by atoms with Crippen molar-refractivity contribution in [2.45, 2.75) is 18.7 Å². The first-order valence-electron chi connectivity index (χ1n) is 11.3. The summed E-state index contributed by atoms with van der Waals surface area (Å²) in [5, 5.41) is 2.55. The number of hydrogen-bond donors (Lipinski definition) is 0. The van der Waals surface area contributed by atoms with Crippen LogP contribution in [0, 0.1) is 13.8 Å². The number of carbonyl (C=O) groups is 1. The average molecular weight is 531 g/mol. The minimum Gasteiger partial charge on any atom is -0.497 e. The monoisotopic (exact) mass is 530 g/mol. The number of methoxy groups -OCH3 is 1. The van der Waals surface area contributed by atoms with Crippen molar-refractivity contribution in [3.05, 3.63) is 81.2 Å². The molecule has 1 saturated heterocycles. The molecule has 1 amide bonds. The fraction of sp³-hybridized carbons (Fsp3) is 0.148. The second-order valence-electron chi connectivity index (χ2n) is 8.49. The summed E-state index contributed by atoms with van der Waals surface area (Å²) in [5.41, 5.74) is 4.72. The summed E-state index contributed by atoms with van der Waals surface area (Å²) in [6.07, 6.45) is 0. The fourth-order valence-electron chi connectivity index (χ4n) is 4.16. The number of nitrogens with zero attached hydrogens (tertiary/aromatic N) is 4. The third-order valence-corrected chi connectivity index (χ3v) is 9.34. The highest BCUT2D eigenvalue weighted by Gasteiger charge is 2.40. The van der Waals surface area contributed by atoms with Gasteiger partial charge in [0, 0.05) is 18.0 Å². The van der Waals surface area contributed by atoms with Gasteiger partial charge < -0.3 is 9.64 Å². The first-order valence-corrected chi connectivity index (χ1v) is 13.7. The molecule has 0 radical (unpaired) electrons. The predicted molar refractivity (Wildman–Crippen MR) is 152 cm³/mol. The van der Waals surface area contributed by atoms with E-state index in [2.05, 4.69) is 9.88 Å². The van der Waals surface area contributed by atoms with E-state index >= 15 is 0 Å². The number of thiazole rings is 1. The maximum absolute atomic E-state index is 13.9. The van der Waals surface area contributed by atoms with Gasteiger partial charge in [0.15, 0.2) is 5.17 Å². The molecule has 4 aromatic rings. The van der Waals surface area contributed by atoms with Gasteiger partial charge in [-0.15, -0.1) is 11.3 Å². The van der Waals surface area contributed by atoms with Gasteiger partial charge in [0.25, 0.3) is 5.91 Å². The number of benzene rings is 3. The molecule has 0 bridgehead atoms. The number of aromatic nitrogens is 1. The van der Waals surface area contributed by atoms with Crippen LogP contribution in [0.1, 0.15) is 10.6 Å². The largest absolute Gasteiger partial charge is 0.497 e. The summed E-state index contributed by atoms with van der Waals surface area (Å²) in [6, 6.07) is 19.9. The highest BCUT2D eigenvalue weighted by Crippen LogP contribution is 2.51. The van der Waals surface area contributed by atoms with Gasteiger partial charge in [-0.05, 0) is 68.1 Å². The smallest absolute Gasteiger partial charge is 0.274 e. The molecule has 3 heterocycles. The zero-order valence-electron chi connectivity index (χ0n) is 20.1. The van der Waals surface area contributed by atoms with Crippen LogP contribution < -0.4 is 14.5 Å². The Morgan fingerprint density at radius 2 is 1.78 bits per heavy atom. The average Bonchev–Trinajstić information content (AvgIpc) is 3.51. The van der Waals surface area contributed by atoms with E-state index in [1.165, 1.54) is 11.8 Å². The number of rotatable bonds is 3. The molecule has 6 rings (SSSR count). The Hall–Kier alpha value is -3.27. The first-order chi connectivity index (χ1) is 17.4. The maximum atomic E-state index is 13.9. The number of ether oxygens (including phenoxy) is 1. The Morgan fingerprint density at radius 1 is 0.972 bits per heavy atom. The van der Waals surface area contributed by atoms with Gasteiger partial charge in [0.05, 0.1) is 44.4 Å². The van der Waals surface area contributed by atoms with Crippen LogP contribution in [0.15, 0.2) is 80.5 Å². The minimum absolute atomic E-state index is 0.0774. The van der Waals surface area contributed by atoms with Gasteiger partial charge in [-0.2, -0.15) is 0 Å². The van der Waals surface area contributed by atoms with E-state index in [1.54, 1.807) is 35.1 Å². The number of amides is 1. The van der Waals surface area contributed by atoms with Gasteiger partial charge in [-0.1, -0.05) is 29.5 Å². The van der Waals surface area contributed by atoms with Crippen molar-refractivity contribution in [1.29, 1.82) is 0 Å². The van der Waals surface area contributed by atoms with Crippen LogP contribution in [0.3, 0.4) is 0 Å². The Labute approximate surface area is 221 Å². The molecule has 0 N–H and O–H groups in total. The van der Waals surface area contributed by atoms with Crippen LogP contribution in [0.5, 0.6) is 5.75 Å². The summed E-state index contributed by atoms with van der Waals surface area (Å²) in [4.78, 5) is 28.9. The summed E-state index contributed by atoms with van der Waals surface area (Å²) >= 11 is 4.65. The molecule has 36 heavy (non-hydrogen) atoms. The van der Waals surface area contributed by atoms with Crippen molar-refractivity contribution in [3.8, 4) is 5.75 Å². The van der Waals surface area contributed by atoms with E-state index in [1.807, 2.05) is 81.6 Å². The minimum atomic E-state index is -0.0774. The molecule has 0 spiro atoms. The van der Waals surface area contributed by atoms with E-state index in [4.69, 9.17) is 9.73 Å². The van der Waals surface area contributed by atoms with Gasteiger partial charge in [0.1, 0.15) is 10.7 Å². The Balaban J connectivity index is 1.45. The molecule has 0 unspecified atom stereocenters. The number of aryl methyl sites for hydroxylation is 2. The molecule has 180 valence electrons. The lowest BCUT2D eigenvalue weighted by molar-refractivity contribution is -0.113. The van der Waals surface area contributed by atoms with E-state index in [0.717, 1.165) is 53.5 Å². The zero-order chi connectivity index (χ0) is 25.0. The quantitative estimate of drug-likeness (QED) is 0.263. The molecule has 9 heteroatoms. The van der Waals surface area contributed by atoms with Gasteiger partial charge in [0.2, 0.25) is 0 Å². The Morgan fingerprint density at radius 3 is 2.56 bits per heavy atom.